The number of aryl methyl sites for hydroxylation is 1. The molecule has 1 aliphatic carbocycles. The highest BCUT2D eigenvalue weighted by atomic mass is 14.7. The maximum absolute atomic E-state index is 3.65. The molecule has 0 bridgehead atoms. The van der Waals surface area contributed by atoms with Crippen LogP contribution in [0.1, 0.15) is 58.2 Å². The molecule has 0 amide bonds. The summed E-state index contributed by atoms with van der Waals surface area (Å²) >= 11 is 0. The molecule has 19 heavy (non-hydrogen) atoms. The van der Waals surface area contributed by atoms with Crippen LogP contribution >= 0.6 is 0 Å². The summed E-state index contributed by atoms with van der Waals surface area (Å²) < 4.78 is 0. The number of hydrogen-bond acceptors (Lipinski definition) is 0. The van der Waals surface area contributed by atoms with Gasteiger partial charge in [0.05, 0.1) is 0 Å². The first-order valence-electron chi connectivity index (χ1n) is 7.69. The molecule has 0 aromatic carbocycles. The minimum Gasteiger partial charge on any atom is -0.358 e. The van der Waals surface area contributed by atoms with Crippen LogP contribution in [0.5, 0.6) is 0 Å². The van der Waals surface area contributed by atoms with Crippen molar-refractivity contribution in [2.75, 3.05) is 0 Å². The average Bonchev–Trinajstić information content (AvgIpc) is 2.58. The molecule has 1 aromatic rings. The molecule has 1 heteroatoms. The number of nitrogens with one attached hydrogen (secondary N) is 1. The maximum atomic E-state index is 3.65. The molecular weight excluding hydrogens is 230 g/mol. The maximum Gasteiger partial charge on any atom is 0.0455 e. The van der Waals surface area contributed by atoms with Crippen molar-refractivity contribution in [1.82, 2.24) is 4.98 Å². The van der Waals surface area contributed by atoms with Gasteiger partial charge in [0.15, 0.2) is 0 Å². The Morgan fingerprint density at radius 3 is 2.63 bits per heavy atom. The van der Waals surface area contributed by atoms with Crippen molar-refractivity contribution in [2.45, 2.75) is 59.8 Å². The van der Waals surface area contributed by atoms with Crippen molar-refractivity contribution in [2.24, 2.45) is 5.41 Å². The van der Waals surface area contributed by atoms with Crippen LogP contribution in [-0.2, 0) is 12.8 Å². The van der Waals surface area contributed by atoms with E-state index in [1.54, 1.807) is 0 Å². The number of H-pyrrole nitrogens is 1. The Morgan fingerprint density at radius 1 is 1.16 bits per heavy atom. The van der Waals surface area contributed by atoms with Gasteiger partial charge < -0.3 is 4.98 Å². The summed E-state index contributed by atoms with van der Waals surface area (Å²) in [7, 11) is 0. The van der Waals surface area contributed by atoms with E-state index in [1.165, 1.54) is 47.5 Å². The number of fused-ring (bicyclic) bond motifs is 1. The van der Waals surface area contributed by atoms with E-state index >= 15 is 0 Å². The van der Waals surface area contributed by atoms with E-state index in [0.29, 0.717) is 0 Å². The number of aromatic nitrogens is 1. The Labute approximate surface area is 117 Å². The van der Waals surface area contributed by atoms with Crippen LogP contribution < -0.4 is 10.6 Å². The van der Waals surface area contributed by atoms with Crippen molar-refractivity contribution in [3.63, 3.8) is 0 Å². The van der Waals surface area contributed by atoms with Gasteiger partial charge in [-0.1, -0.05) is 58.8 Å². The first kappa shape index (κ1) is 14.2. The highest BCUT2D eigenvalue weighted by molar-refractivity contribution is 5.50. The van der Waals surface area contributed by atoms with Crippen LogP contribution in [0.15, 0.2) is 12.2 Å². The average molecular weight is 257 g/mol. The van der Waals surface area contributed by atoms with Crippen LogP contribution in [0.3, 0.4) is 0 Å². The molecular formula is C18H27N. The monoisotopic (exact) mass is 257 g/mol. The van der Waals surface area contributed by atoms with Gasteiger partial charge in [-0.2, -0.15) is 0 Å². The molecule has 1 heterocycles. The fraction of sp³-hybridized carbons (Fsp3) is 0.556. The molecule has 0 radical (unpaired) electrons. The Morgan fingerprint density at radius 2 is 1.95 bits per heavy atom. The lowest BCUT2D eigenvalue weighted by molar-refractivity contribution is 0.670. The van der Waals surface area contributed by atoms with Gasteiger partial charge in [-0.25, -0.2) is 0 Å². The van der Waals surface area contributed by atoms with Crippen LogP contribution in [0, 0.1) is 5.41 Å². The fourth-order valence-electron chi connectivity index (χ4n) is 2.91. The lowest BCUT2D eigenvalue weighted by Gasteiger charge is -2.13. The topological polar surface area (TPSA) is 15.8 Å². The van der Waals surface area contributed by atoms with E-state index in [1.807, 2.05) is 0 Å². The summed E-state index contributed by atoms with van der Waals surface area (Å²) in [5.41, 5.74) is 3.13. The van der Waals surface area contributed by atoms with Gasteiger partial charge in [-0.15, -0.1) is 0 Å². The fourth-order valence-corrected chi connectivity index (χ4v) is 2.91. The second kappa shape index (κ2) is 5.81. The van der Waals surface area contributed by atoms with E-state index in [-0.39, 0.29) is 5.41 Å². The number of aromatic amines is 1. The molecule has 2 rings (SSSR count). The van der Waals surface area contributed by atoms with Gasteiger partial charge in [0.25, 0.3) is 0 Å². The smallest absolute Gasteiger partial charge is 0.0455 e. The summed E-state index contributed by atoms with van der Waals surface area (Å²) in [4.78, 5) is 3.65. The highest BCUT2D eigenvalue weighted by Crippen LogP contribution is 2.20. The van der Waals surface area contributed by atoms with E-state index in [4.69, 9.17) is 0 Å². The molecule has 0 saturated carbocycles. The molecule has 104 valence electrons. The van der Waals surface area contributed by atoms with Crippen LogP contribution in [-0.4, -0.2) is 4.98 Å². The van der Waals surface area contributed by atoms with Gasteiger partial charge in [-0.3, -0.25) is 0 Å². The molecule has 1 nitrogen and oxygen atoms in total. The molecule has 1 aromatic heterocycles. The number of allylic oxidation sites excluding steroid dienone is 2. The quantitative estimate of drug-likeness (QED) is 0.778. The zero-order valence-electron chi connectivity index (χ0n) is 12.8. The Bertz CT molecular complexity index is 570. The van der Waals surface area contributed by atoms with Gasteiger partial charge in [0, 0.05) is 16.5 Å². The Balaban J connectivity index is 2.45. The molecule has 0 atom stereocenters. The minimum absolute atomic E-state index is 0.147. The number of hydrogen-bond donors (Lipinski definition) is 1. The molecule has 0 spiro atoms. The lowest BCUT2D eigenvalue weighted by Crippen LogP contribution is -2.26. The van der Waals surface area contributed by atoms with E-state index in [9.17, 15) is 0 Å². The predicted octanol–water partition coefficient (Wildman–Crippen LogP) is 3.47. The molecule has 1 aliphatic rings. The van der Waals surface area contributed by atoms with Crippen molar-refractivity contribution < 1.29 is 0 Å². The Hall–Kier alpha value is -1.24. The summed E-state index contributed by atoms with van der Waals surface area (Å²) in [5.74, 6) is 0. The van der Waals surface area contributed by atoms with E-state index < -0.39 is 0 Å². The van der Waals surface area contributed by atoms with Crippen molar-refractivity contribution in [3.05, 3.63) is 34.0 Å². The second-order valence-corrected chi connectivity index (χ2v) is 6.21. The predicted molar refractivity (Wildman–Crippen MR) is 84.5 cm³/mol. The molecule has 0 unspecified atom stereocenters. The zero-order chi connectivity index (χ0) is 13.9. The molecule has 0 fully saturated rings. The first-order chi connectivity index (χ1) is 9.07. The second-order valence-electron chi connectivity index (χ2n) is 6.21. The van der Waals surface area contributed by atoms with Gasteiger partial charge in [-0.05, 0) is 36.1 Å². The highest BCUT2D eigenvalue weighted by Gasteiger charge is 2.14. The Kier molecular flexibility index (Phi) is 4.34. The molecule has 1 N–H and O–H groups in total. The summed E-state index contributed by atoms with van der Waals surface area (Å²) in [6.45, 7) is 9.08. The van der Waals surface area contributed by atoms with Crippen LogP contribution in [0.4, 0.5) is 0 Å². The molecule has 0 saturated heterocycles. The van der Waals surface area contributed by atoms with Crippen molar-refractivity contribution in [1.29, 1.82) is 0 Å². The SMILES string of the molecule is CCCCCc1[nH]c2c(c1CC)=CC(C)(C)C=CC=2. The standard InChI is InChI=1S/C18H27N/c1-5-7-8-10-16-14(6-2)15-13-18(3,4)12-9-11-17(15)19-16/h9,11-13,19H,5-8,10H2,1-4H3. The third kappa shape index (κ3) is 3.20. The van der Waals surface area contributed by atoms with Gasteiger partial charge in [0.2, 0.25) is 0 Å². The number of rotatable bonds is 5. The summed E-state index contributed by atoms with van der Waals surface area (Å²) in [6, 6.07) is 0. The van der Waals surface area contributed by atoms with E-state index in [0.717, 1.165) is 6.42 Å². The normalized spacial score (nSPS) is 16.4. The zero-order valence-corrected chi connectivity index (χ0v) is 12.8. The summed E-state index contributed by atoms with van der Waals surface area (Å²) in [6.07, 6.45) is 15.3. The number of unbranched alkanes of at least 4 members (excludes halogenated alkanes) is 2. The van der Waals surface area contributed by atoms with Crippen LogP contribution in [0.2, 0.25) is 0 Å². The van der Waals surface area contributed by atoms with Gasteiger partial charge >= 0.3 is 0 Å². The van der Waals surface area contributed by atoms with Crippen molar-refractivity contribution in [3.8, 4) is 0 Å². The third-order valence-corrected chi connectivity index (χ3v) is 3.95. The minimum atomic E-state index is 0.147. The summed E-state index contributed by atoms with van der Waals surface area (Å²) in [5, 5.41) is 2.73. The lowest BCUT2D eigenvalue weighted by atomic mass is 9.91. The largest absolute Gasteiger partial charge is 0.358 e. The van der Waals surface area contributed by atoms with Crippen LogP contribution in [0.25, 0.3) is 12.2 Å². The first-order valence-corrected chi connectivity index (χ1v) is 7.69. The molecule has 0 aliphatic heterocycles. The van der Waals surface area contributed by atoms with Gasteiger partial charge in [0.1, 0.15) is 0 Å². The third-order valence-electron chi connectivity index (χ3n) is 3.95. The van der Waals surface area contributed by atoms with Crippen molar-refractivity contribution >= 4 is 12.2 Å². The van der Waals surface area contributed by atoms with E-state index in [2.05, 4.69) is 57.0 Å².